The molecule has 1 unspecified atom stereocenters. The van der Waals surface area contributed by atoms with E-state index >= 15 is 0 Å². The molecule has 0 aromatic carbocycles. The normalized spacial score (nSPS) is 20.4. The van der Waals surface area contributed by atoms with E-state index < -0.39 is 10.0 Å². The average molecular weight is 297 g/mol. The second-order valence-corrected chi connectivity index (χ2v) is 7.23. The Bertz CT molecular complexity index is 528. The van der Waals surface area contributed by atoms with Crippen LogP contribution in [0.1, 0.15) is 31.7 Å². The monoisotopic (exact) mass is 297 g/mol. The van der Waals surface area contributed by atoms with Crippen molar-refractivity contribution in [3.05, 3.63) is 23.9 Å². The van der Waals surface area contributed by atoms with Crippen molar-refractivity contribution >= 4 is 10.0 Å². The SMILES string of the molecule is CCCC1CCN(S(=O)(=O)c2ccc(CNC)cn2)C1. The topological polar surface area (TPSA) is 62.3 Å². The van der Waals surface area contributed by atoms with Crippen LogP contribution in [-0.2, 0) is 16.6 Å². The lowest BCUT2D eigenvalue weighted by Crippen LogP contribution is -2.29. The van der Waals surface area contributed by atoms with Gasteiger partial charge in [0.1, 0.15) is 0 Å². The molecule has 1 aliphatic heterocycles. The van der Waals surface area contributed by atoms with Gasteiger partial charge in [-0.05, 0) is 37.4 Å². The quantitative estimate of drug-likeness (QED) is 0.866. The Morgan fingerprint density at radius 3 is 2.85 bits per heavy atom. The number of sulfonamides is 1. The molecule has 1 saturated heterocycles. The van der Waals surface area contributed by atoms with Gasteiger partial charge in [0.15, 0.2) is 5.03 Å². The molecular weight excluding hydrogens is 274 g/mol. The van der Waals surface area contributed by atoms with Gasteiger partial charge in [0, 0.05) is 25.8 Å². The summed E-state index contributed by atoms with van der Waals surface area (Å²) >= 11 is 0. The third kappa shape index (κ3) is 3.37. The molecule has 1 atom stereocenters. The number of aromatic nitrogens is 1. The largest absolute Gasteiger partial charge is 0.316 e. The van der Waals surface area contributed by atoms with E-state index in [0.717, 1.165) is 24.8 Å². The van der Waals surface area contributed by atoms with E-state index in [1.54, 1.807) is 16.6 Å². The number of hydrogen-bond donors (Lipinski definition) is 1. The summed E-state index contributed by atoms with van der Waals surface area (Å²) in [6.45, 7) is 4.08. The summed E-state index contributed by atoms with van der Waals surface area (Å²) in [6.07, 6.45) is 4.80. The summed E-state index contributed by atoms with van der Waals surface area (Å²) in [5, 5.41) is 3.18. The van der Waals surface area contributed by atoms with Crippen LogP contribution in [0.2, 0.25) is 0 Å². The van der Waals surface area contributed by atoms with Crippen LogP contribution in [-0.4, -0.2) is 37.8 Å². The average Bonchev–Trinajstić information content (AvgIpc) is 2.90. The first-order chi connectivity index (χ1) is 9.57. The predicted octanol–water partition coefficient (Wildman–Crippen LogP) is 1.61. The standard InChI is InChI=1S/C14H23N3O2S/c1-3-4-12-7-8-17(11-12)20(18,19)14-6-5-13(9-15-2)10-16-14/h5-6,10,12,15H,3-4,7-9,11H2,1-2H3. The summed E-state index contributed by atoms with van der Waals surface area (Å²) < 4.78 is 26.6. The summed E-state index contributed by atoms with van der Waals surface area (Å²) in [5.41, 5.74) is 0.983. The summed E-state index contributed by atoms with van der Waals surface area (Å²) in [5.74, 6) is 0.498. The highest BCUT2D eigenvalue weighted by molar-refractivity contribution is 7.89. The Morgan fingerprint density at radius 2 is 2.25 bits per heavy atom. The van der Waals surface area contributed by atoms with E-state index in [1.165, 1.54) is 0 Å². The second kappa shape index (κ2) is 6.65. The summed E-state index contributed by atoms with van der Waals surface area (Å²) in [7, 11) is -1.57. The van der Waals surface area contributed by atoms with Gasteiger partial charge in [-0.1, -0.05) is 19.4 Å². The van der Waals surface area contributed by atoms with Crippen LogP contribution in [0.4, 0.5) is 0 Å². The first-order valence-corrected chi connectivity index (χ1v) is 8.61. The Hall–Kier alpha value is -0.980. The molecule has 1 fully saturated rings. The van der Waals surface area contributed by atoms with Gasteiger partial charge in [-0.15, -0.1) is 0 Å². The molecule has 0 spiro atoms. The van der Waals surface area contributed by atoms with Gasteiger partial charge < -0.3 is 5.32 Å². The molecular formula is C14H23N3O2S. The van der Waals surface area contributed by atoms with E-state index in [-0.39, 0.29) is 5.03 Å². The predicted molar refractivity (Wildman–Crippen MR) is 78.8 cm³/mol. The Balaban J connectivity index is 2.10. The maximum atomic E-state index is 12.5. The fourth-order valence-corrected chi connectivity index (χ4v) is 4.11. The van der Waals surface area contributed by atoms with Crippen LogP contribution in [0.15, 0.2) is 23.4 Å². The zero-order chi connectivity index (χ0) is 14.6. The number of nitrogens with one attached hydrogen (secondary N) is 1. The minimum absolute atomic E-state index is 0.162. The van der Waals surface area contributed by atoms with Crippen molar-refractivity contribution < 1.29 is 8.42 Å². The van der Waals surface area contributed by atoms with Crippen LogP contribution < -0.4 is 5.32 Å². The number of hydrogen-bond acceptors (Lipinski definition) is 4. The molecule has 0 saturated carbocycles. The molecule has 0 radical (unpaired) electrons. The van der Waals surface area contributed by atoms with Gasteiger partial charge in [-0.25, -0.2) is 13.4 Å². The highest BCUT2D eigenvalue weighted by Gasteiger charge is 2.32. The second-order valence-electron chi connectivity index (χ2n) is 5.34. The van der Waals surface area contributed by atoms with Crippen molar-refractivity contribution in [3.8, 4) is 0 Å². The van der Waals surface area contributed by atoms with Crippen molar-refractivity contribution in [2.24, 2.45) is 5.92 Å². The van der Waals surface area contributed by atoms with Gasteiger partial charge in [-0.2, -0.15) is 4.31 Å². The van der Waals surface area contributed by atoms with Gasteiger partial charge >= 0.3 is 0 Å². The summed E-state index contributed by atoms with van der Waals surface area (Å²) in [4.78, 5) is 4.11. The van der Waals surface area contributed by atoms with Crippen LogP contribution >= 0.6 is 0 Å². The lowest BCUT2D eigenvalue weighted by Gasteiger charge is -2.16. The minimum Gasteiger partial charge on any atom is -0.316 e. The van der Waals surface area contributed by atoms with Crippen molar-refractivity contribution in [2.45, 2.75) is 37.8 Å². The van der Waals surface area contributed by atoms with Gasteiger partial charge in [-0.3, -0.25) is 0 Å². The maximum absolute atomic E-state index is 12.5. The first-order valence-electron chi connectivity index (χ1n) is 7.17. The Morgan fingerprint density at radius 1 is 1.45 bits per heavy atom. The molecule has 1 aromatic heterocycles. The van der Waals surface area contributed by atoms with Crippen LogP contribution in [0.25, 0.3) is 0 Å². The van der Waals surface area contributed by atoms with Gasteiger partial charge in [0.25, 0.3) is 10.0 Å². The maximum Gasteiger partial charge on any atom is 0.260 e. The van der Waals surface area contributed by atoms with E-state index in [0.29, 0.717) is 25.6 Å². The van der Waals surface area contributed by atoms with E-state index in [4.69, 9.17) is 0 Å². The lowest BCUT2D eigenvalue weighted by molar-refractivity contribution is 0.442. The molecule has 1 aliphatic rings. The Kier molecular flexibility index (Phi) is 5.12. The van der Waals surface area contributed by atoms with Crippen LogP contribution in [0.5, 0.6) is 0 Å². The number of rotatable bonds is 6. The zero-order valence-corrected chi connectivity index (χ0v) is 13.0. The number of nitrogens with zero attached hydrogens (tertiary/aromatic N) is 2. The molecule has 1 aromatic rings. The minimum atomic E-state index is -3.42. The third-order valence-electron chi connectivity index (χ3n) is 3.73. The van der Waals surface area contributed by atoms with E-state index in [2.05, 4.69) is 17.2 Å². The lowest BCUT2D eigenvalue weighted by atomic mass is 10.0. The fraction of sp³-hybridized carbons (Fsp3) is 0.643. The van der Waals surface area contributed by atoms with E-state index in [9.17, 15) is 8.42 Å². The molecule has 20 heavy (non-hydrogen) atoms. The molecule has 0 bridgehead atoms. The summed E-state index contributed by atoms with van der Waals surface area (Å²) in [6, 6.07) is 3.42. The first kappa shape index (κ1) is 15.4. The number of pyridine rings is 1. The van der Waals surface area contributed by atoms with Crippen molar-refractivity contribution in [1.82, 2.24) is 14.6 Å². The molecule has 0 aliphatic carbocycles. The van der Waals surface area contributed by atoms with E-state index in [1.807, 2.05) is 13.1 Å². The smallest absolute Gasteiger partial charge is 0.260 e. The molecule has 1 N–H and O–H groups in total. The fourth-order valence-electron chi connectivity index (χ4n) is 2.66. The third-order valence-corrected chi connectivity index (χ3v) is 5.51. The van der Waals surface area contributed by atoms with Crippen LogP contribution in [0.3, 0.4) is 0 Å². The highest BCUT2D eigenvalue weighted by atomic mass is 32.2. The van der Waals surface area contributed by atoms with Gasteiger partial charge in [0.05, 0.1) is 0 Å². The van der Waals surface area contributed by atoms with Crippen molar-refractivity contribution in [2.75, 3.05) is 20.1 Å². The molecule has 2 rings (SSSR count). The highest BCUT2D eigenvalue weighted by Crippen LogP contribution is 2.26. The molecule has 2 heterocycles. The molecule has 5 nitrogen and oxygen atoms in total. The van der Waals surface area contributed by atoms with Crippen molar-refractivity contribution in [1.29, 1.82) is 0 Å². The van der Waals surface area contributed by atoms with Crippen LogP contribution in [0, 0.1) is 5.92 Å². The van der Waals surface area contributed by atoms with Crippen molar-refractivity contribution in [3.63, 3.8) is 0 Å². The molecule has 112 valence electrons. The Labute approximate surface area is 121 Å². The molecule has 6 heteroatoms. The molecule has 0 amide bonds. The zero-order valence-electron chi connectivity index (χ0n) is 12.2. The van der Waals surface area contributed by atoms with Gasteiger partial charge in [0.2, 0.25) is 0 Å².